The standard InChI is InChI=1S/C12H18N2O/c15-13-14-9-11-5-1-2-6-12(11,10-14)8-4-3-7-11/h1-2H,3-10H2. The molecule has 1 saturated carbocycles. The molecule has 0 radical (unpaired) electrons. The summed E-state index contributed by atoms with van der Waals surface area (Å²) in [6.45, 7) is 1.81. The quantitative estimate of drug-likeness (QED) is 0.488. The SMILES string of the molecule is O=NN1CC23CC=CCC2(CCCC3)C1. The zero-order valence-electron chi connectivity index (χ0n) is 9.11. The van der Waals surface area contributed by atoms with Crippen LogP contribution in [0, 0.1) is 15.7 Å². The second kappa shape index (κ2) is 3.06. The Labute approximate surface area is 90.5 Å². The van der Waals surface area contributed by atoms with Crippen molar-refractivity contribution in [3.8, 4) is 0 Å². The molecule has 1 heterocycles. The van der Waals surface area contributed by atoms with E-state index < -0.39 is 0 Å². The predicted molar refractivity (Wildman–Crippen MR) is 59.1 cm³/mol. The lowest BCUT2D eigenvalue weighted by Crippen LogP contribution is -2.44. The summed E-state index contributed by atoms with van der Waals surface area (Å²) < 4.78 is 0. The van der Waals surface area contributed by atoms with Gasteiger partial charge < -0.3 is 0 Å². The summed E-state index contributed by atoms with van der Waals surface area (Å²) in [7, 11) is 0. The molecule has 1 saturated heterocycles. The van der Waals surface area contributed by atoms with Crippen molar-refractivity contribution in [3.05, 3.63) is 17.1 Å². The highest BCUT2D eigenvalue weighted by molar-refractivity contribution is 5.16. The molecule has 0 aromatic rings. The summed E-state index contributed by atoms with van der Waals surface area (Å²) >= 11 is 0. The van der Waals surface area contributed by atoms with Gasteiger partial charge in [0.25, 0.3) is 0 Å². The van der Waals surface area contributed by atoms with Crippen molar-refractivity contribution in [1.29, 1.82) is 0 Å². The molecule has 3 rings (SSSR count). The van der Waals surface area contributed by atoms with Gasteiger partial charge in [-0.3, -0.25) is 5.01 Å². The van der Waals surface area contributed by atoms with Crippen molar-refractivity contribution < 1.29 is 0 Å². The molecule has 0 aromatic heterocycles. The summed E-state index contributed by atoms with van der Waals surface area (Å²) in [6.07, 6.45) is 12.2. The van der Waals surface area contributed by atoms with Crippen molar-refractivity contribution >= 4 is 0 Å². The minimum atomic E-state index is 0.383. The first-order valence-corrected chi connectivity index (χ1v) is 6.04. The lowest BCUT2D eigenvalue weighted by molar-refractivity contribution is 0.0342. The van der Waals surface area contributed by atoms with E-state index in [1.165, 1.54) is 38.5 Å². The second-order valence-corrected chi connectivity index (χ2v) is 5.55. The minimum absolute atomic E-state index is 0.383. The Kier molecular flexibility index (Phi) is 1.91. The van der Waals surface area contributed by atoms with Gasteiger partial charge in [0.15, 0.2) is 0 Å². The Hall–Kier alpha value is -0.860. The third-order valence-corrected chi connectivity index (χ3v) is 4.96. The van der Waals surface area contributed by atoms with E-state index in [-0.39, 0.29) is 0 Å². The monoisotopic (exact) mass is 206 g/mol. The van der Waals surface area contributed by atoms with Crippen LogP contribution in [-0.4, -0.2) is 18.1 Å². The fourth-order valence-electron chi connectivity index (χ4n) is 4.15. The third-order valence-electron chi connectivity index (χ3n) is 4.96. The lowest BCUT2D eigenvalue weighted by atomic mass is 9.53. The van der Waals surface area contributed by atoms with Crippen LogP contribution in [0.2, 0.25) is 0 Å². The molecular formula is C12H18N2O. The smallest absolute Gasteiger partial charge is 0.0524 e. The van der Waals surface area contributed by atoms with E-state index in [1.54, 1.807) is 5.01 Å². The third kappa shape index (κ3) is 1.12. The van der Waals surface area contributed by atoms with Crippen LogP contribution in [-0.2, 0) is 0 Å². The van der Waals surface area contributed by atoms with E-state index in [1.807, 2.05) is 0 Å². The number of hydrogen-bond acceptors (Lipinski definition) is 2. The van der Waals surface area contributed by atoms with Crippen LogP contribution in [0.3, 0.4) is 0 Å². The van der Waals surface area contributed by atoms with E-state index >= 15 is 0 Å². The molecule has 3 nitrogen and oxygen atoms in total. The van der Waals surface area contributed by atoms with Gasteiger partial charge in [-0.15, -0.1) is 4.91 Å². The Morgan fingerprint density at radius 2 is 1.53 bits per heavy atom. The molecule has 0 bridgehead atoms. The molecule has 1 aliphatic heterocycles. The van der Waals surface area contributed by atoms with Crippen LogP contribution >= 0.6 is 0 Å². The van der Waals surface area contributed by atoms with E-state index in [0.717, 1.165) is 13.1 Å². The van der Waals surface area contributed by atoms with Gasteiger partial charge in [0.2, 0.25) is 0 Å². The maximum absolute atomic E-state index is 10.7. The molecule has 15 heavy (non-hydrogen) atoms. The summed E-state index contributed by atoms with van der Waals surface area (Å²) in [5, 5.41) is 4.96. The van der Waals surface area contributed by atoms with E-state index in [9.17, 15) is 4.91 Å². The maximum atomic E-state index is 10.7. The van der Waals surface area contributed by atoms with E-state index in [2.05, 4.69) is 17.4 Å². The van der Waals surface area contributed by atoms with Crippen LogP contribution in [0.5, 0.6) is 0 Å². The Morgan fingerprint density at radius 1 is 1.00 bits per heavy atom. The summed E-state index contributed by atoms with van der Waals surface area (Å²) in [4.78, 5) is 10.7. The van der Waals surface area contributed by atoms with Crippen LogP contribution in [0.25, 0.3) is 0 Å². The van der Waals surface area contributed by atoms with Crippen molar-refractivity contribution in [2.24, 2.45) is 16.1 Å². The van der Waals surface area contributed by atoms with Gasteiger partial charge in [-0.25, -0.2) is 0 Å². The topological polar surface area (TPSA) is 32.7 Å². The van der Waals surface area contributed by atoms with Gasteiger partial charge in [0.05, 0.1) is 5.29 Å². The molecule has 2 atom stereocenters. The van der Waals surface area contributed by atoms with Crippen molar-refractivity contribution in [2.75, 3.05) is 13.1 Å². The molecule has 2 fully saturated rings. The van der Waals surface area contributed by atoms with E-state index in [0.29, 0.717) is 10.8 Å². The number of rotatable bonds is 1. The van der Waals surface area contributed by atoms with Gasteiger partial charge in [-0.2, -0.15) is 0 Å². The molecule has 0 amide bonds. The Bertz CT molecular complexity index is 289. The van der Waals surface area contributed by atoms with Gasteiger partial charge >= 0.3 is 0 Å². The lowest BCUT2D eigenvalue weighted by Gasteiger charge is -2.49. The molecule has 0 spiro atoms. The van der Waals surface area contributed by atoms with Crippen LogP contribution in [0.15, 0.2) is 17.4 Å². The van der Waals surface area contributed by atoms with Crippen molar-refractivity contribution in [1.82, 2.24) is 5.01 Å². The molecule has 3 aliphatic rings. The molecule has 0 N–H and O–H groups in total. The highest BCUT2D eigenvalue weighted by atomic mass is 16.3. The van der Waals surface area contributed by atoms with Gasteiger partial charge in [-0.1, -0.05) is 25.0 Å². The summed E-state index contributed by atoms with van der Waals surface area (Å²) in [5.41, 5.74) is 0.766. The predicted octanol–water partition coefficient (Wildman–Crippen LogP) is 2.88. The normalized spacial score (nSPS) is 43.6. The highest BCUT2D eigenvalue weighted by Gasteiger charge is 2.58. The zero-order chi connectivity index (χ0) is 10.4. The molecule has 0 aromatic carbocycles. The number of nitrogens with zero attached hydrogens (tertiary/aromatic N) is 2. The number of nitroso groups, excluding NO2 is 1. The average molecular weight is 206 g/mol. The first kappa shape index (κ1) is 9.37. The minimum Gasteiger partial charge on any atom is -0.260 e. The average Bonchev–Trinajstić information content (AvgIpc) is 2.63. The van der Waals surface area contributed by atoms with Crippen LogP contribution in [0.1, 0.15) is 38.5 Å². The number of allylic oxidation sites excluding steroid dienone is 2. The molecular weight excluding hydrogens is 188 g/mol. The first-order valence-electron chi connectivity index (χ1n) is 6.04. The molecule has 2 aliphatic carbocycles. The molecule has 3 heteroatoms. The fraction of sp³-hybridized carbons (Fsp3) is 0.833. The maximum Gasteiger partial charge on any atom is 0.0524 e. The van der Waals surface area contributed by atoms with Gasteiger partial charge in [0, 0.05) is 23.9 Å². The van der Waals surface area contributed by atoms with Crippen LogP contribution < -0.4 is 0 Å². The van der Waals surface area contributed by atoms with Gasteiger partial charge in [-0.05, 0) is 25.7 Å². The Balaban J connectivity index is 1.99. The summed E-state index contributed by atoms with van der Waals surface area (Å²) in [5.74, 6) is 0. The molecule has 2 unspecified atom stereocenters. The van der Waals surface area contributed by atoms with Crippen molar-refractivity contribution in [2.45, 2.75) is 38.5 Å². The first-order chi connectivity index (χ1) is 7.30. The zero-order valence-corrected chi connectivity index (χ0v) is 9.11. The Morgan fingerprint density at radius 3 is 2.00 bits per heavy atom. The van der Waals surface area contributed by atoms with E-state index in [4.69, 9.17) is 0 Å². The van der Waals surface area contributed by atoms with Crippen LogP contribution in [0.4, 0.5) is 0 Å². The molecule has 82 valence electrons. The van der Waals surface area contributed by atoms with Gasteiger partial charge in [0.1, 0.15) is 0 Å². The summed E-state index contributed by atoms with van der Waals surface area (Å²) in [6, 6.07) is 0. The van der Waals surface area contributed by atoms with Crippen molar-refractivity contribution in [3.63, 3.8) is 0 Å². The largest absolute Gasteiger partial charge is 0.260 e. The second-order valence-electron chi connectivity index (χ2n) is 5.55. The number of hydrogen-bond donors (Lipinski definition) is 0. The fourth-order valence-corrected chi connectivity index (χ4v) is 4.15. The highest BCUT2D eigenvalue weighted by Crippen LogP contribution is 2.61.